The lowest BCUT2D eigenvalue weighted by Gasteiger charge is -2.29. The van der Waals surface area contributed by atoms with E-state index >= 15 is 4.79 Å². The highest BCUT2D eigenvalue weighted by atomic mass is 16.4. The molecule has 730 valence electrons. The number of hydrogen-bond acceptors (Lipinski definition) is 23. The molecule has 0 aliphatic heterocycles. The fourth-order valence-corrected chi connectivity index (χ4v) is 14.3. The van der Waals surface area contributed by atoms with Crippen LogP contribution >= 0.6 is 0 Å². The molecule has 0 radical (unpaired) electrons. The number of phenols is 1. The minimum Gasteiger partial charge on any atom is -0.508 e. The topological polar surface area (TPSA) is 687 Å². The average Bonchev–Trinajstić information content (AvgIpc) is 0.845. The molecule has 14 unspecified atom stereocenters. The molecule has 0 saturated carbocycles. The normalized spacial score (nSPS) is 14.2. The largest absolute Gasteiger partial charge is 0.508 e. The van der Waals surface area contributed by atoms with Crippen molar-refractivity contribution < 1.29 is 107 Å². The zero-order valence-corrected chi connectivity index (χ0v) is 75.9. The van der Waals surface area contributed by atoms with Crippen LogP contribution in [0.5, 0.6) is 5.75 Å². The summed E-state index contributed by atoms with van der Waals surface area (Å²) < 4.78 is 0. The van der Waals surface area contributed by atoms with Crippen LogP contribution in [0, 0.1) is 5.92 Å². The molecule has 5 aromatic carbocycles. The van der Waals surface area contributed by atoms with Gasteiger partial charge >= 0.3 is 17.9 Å². The van der Waals surface area contributed by atoms with Gasteiger partial charge in [0.05, 0.1) is 6.42 Å². The number of hydrogen-bond donors (Lipinski definition) is 23. The number of benzene rings is 5. The Hall–Kier alpha value is -13.8. The van der Waals surface area contributed by atoms with E-state index < -0.39 is 229 Å². The van der Waals surface area contributed by atoms with Crippen LogP contribution in [-0.4, -0.2) is 238 Å². The first-order chi connectivity index (χ1) is 63.9. The van der Waals surface area contributed by atoms with Crippen LogP contribution in [0.2, 0.25) is 0 Å². The summed E-state index contributed by atoms with van der Waals surface area (Å²) in [7, 11) is 0. The van der Waals surface area contributed by atoms with Crippen molar-refractivity contribution in [3.8, 4) is 5.75 Å². The number of carboxylic acids is 3. The van der Waals surface area contributed by atoms with E-state index in [9.17, 15) is 102 Å². The zero-order valence-electron chi connectivity index (χ0n) is 75.9. The number of nitrogens with two attached hydrogens (primary N) is 5. The number of amides is 15. The third-order valence-corrected chi connectivity index (χ3v) is 21.6. The van der Waals surface area contributed by atoms with E-state index in [1.807, 2.05) is 0 Å². The number of primary amides is 1. The van der Waals surface area contributed by atoms with E-state index in [0.717, 1.165) is 0 Å². The van der Waals surface area contributed by atoms with E-state index in [0.29, 0.717) is 53.6 Å². The predicted octanol–water partition coefficient (Wildman–Crippen LogP) is -1.41. The van der Waals surface area contributed by atoms with Crippen LogP contribution in [0.1, 0.15) is 165 Å². The Bertz CT molecular complexity index is 4680. The van der Waals surface area contributed by atoms with Gasteiger partial charge in [-0.2, -0.15) is 0 Å². The molecule has 0 aromatic heterocycles. The second-order valence-corrected chi connectivity index (χ2v) is 33.0. The van der Waals surface area contributed by atoms with Crippen LogP contribution < -0.4 is 103 Å². The van der Waals surface area contributed by atoms with E-state index in [4.69, 9.17) is 28.7 Å². The number of carbonyl (C=O) groups excluding carboxylic acids is 15. The highest BCUT2D eigenvalue weighted by molar-refractivity contribution is 6.01. The Morgan fingerprint density at radius 1 is 0.269 bits per heavy atom. The standard InChI is InChI=1S/C93H131N19O22/c1-55(2)79(112-87(128)67(36-20-24-48-97)103-92(133)75(54-78(119)120)110-91(132)73(53-62-37-39-63(114)40-38-62)109-90(131)71(50-59-27-11-6-12-28-59)107-81(122)56(3)99-82(123)64(100-57(4)113)33-17-21-45-94)93(134)111-74(52-61-31-15-8-16-32-61)89(130)105-68(41-43-76(115)116)85(126)101-66(35-19-23-47-96)84(125)108-72(51-60-29-13-7-14-30-60)88(129)102-65(34-18-22-46-95)83(124)104-69(42-44-77(117)118)86(127)106-70(80(98)121)49-58-25-9-5-10-26-58/h5-16,25-32,37-40,55-56,64-75,79,114H,17-24,33-36,41-54,94-97H2,1-4H3,(H2,98,121)(H,99,123)(H,100,113)(H,101,126)(H,102,129)(H,103,133)(H,104,124)(H,105,130)(H,106,127)(H,107,122)(H,108,125)(H,109,131)(H,110,132)(H,111,134)(H,112,128)(H,115,116)(H,117,118)(H,119,120). The summed E-state index contributed by atoms with van der Waals surface area (Å²) in [5.74, 6) is -19.9. The van der Waals surface area contributed by atoms with Gasteiger partial charge in [0.15, 0.2) is 0 Å². The van der Waals surface area contributed by atoms with Gasteiger partial charge in [0.25, 0.3) is 0 Å². The first-order valence-electron chi connectivity index (χ1n) is 44.8. The first kappa shape index (κ1) is 111. The SMILES string of the molecule is CC(=O)NC(CCCCN)C(=O)NC(C)C(=O)NC(Cc1ccccc1)C(=O)NC(Cc1ccc(O)cc1)C(=O)NC(CC(=O)O)C(=O)NC(CCCCN)C(=O)NC(C(=O)NC(Cc1ccccc1)C(=O)NC(CCC(=O)O)C(=O)NC(CCCCN)C(=O)NC(Cc1ccccc1)C(=O)NC(CCCCN)C(=O)NC(CCC(=O)O)C(=O)NC(Cc1ccccc1)C(N)=O)C(C)C. The third-order valence-electron chi connectivity index (χ3n) is 21.6. The third kappa shape index (κ3) is 41.3. The van der Waals surface area contributed by atoms with Crippen LogP contribution in [0.25, 0.3) is 0 Å². The molecule has 0 heterocycles. The number of nitrogens with one attached hydrogen (secondary N) is 14. The van der Waals surface area contributed by atoms with Gasteiger partial charge in [-0.15, -0.1) is 0 Å². The molecule has 134 heavy (non-hydrogen) atoms. The first-order valence-corrected chi connectivity index (χ1v) is 44.8. The van der Waals surface area contributed by atoms with Crippen LogP contribution in [0.4, 0.5) is 0 Å². The summed E-state index contributed by atoms with van der Waals surface area (Å²) in [6, 6.07) is 16.9. The predicted molar refractivity (Wildman–Crippen MR) is 492 cm³/mol. The summed E-state index contributed by atoms with van der Waals surface area (Å²) in [6.07, 6.45) is -2.71. The van der Waals surface area contributed by atoms with Gasteiger partial charge in [0.2, 0.25) is 88.6 Å². The smallest absolute Gasteiger partial charge is 0.305 e. The number of carbonyl (C=O) groups is 18. The molecule has 0 spiro atoms. The van der Waals surface area contributed by atoms with Crippen molar-refractivity contribution >= 4 is 107 Å². The molecule has 0 aliphatic rings. The molecular formula is C93H131N19O22. The summed E-state index contributed by atoms with van der Waals surface area (Å²) in [5, 5.41) is 76.4. The Morgan fingerprint density at radius 2 is 0.515 bits per heavy atom. The maximum absolute atomic E-state index is 15.1. The van der Waals surface area contributed by atoms with Crippen LogP contribution in [-0.2, 0) is 118 Å². The monoisotopic (exact) mass is 1870 g/mol. The van der Waals surface area contributed by atoms with Crippen LogP contribution in [0.15, 0.2) is 146 Å². The molecule has 0 bridgehead atoms. The molecule has 15 amide bonds. The Kier molecular flexibility index (Phi) is 49.2. The summed E-state index contributed by atoms with van der Waals surface area (Å²) in [5.41, 5.74) is 31.3. The minimum atomic E-state index is -2.02. The van der Waals surface area contributed by atoms with Crippen molar-refractivity contribution in [1.82, 2.24) is 74.4 Å². The summed E-state index contributed by atoms with van der Waals surface area (Å²) in [6.45, 7) is 6.29. The number of phenolic OH excluding ortho intramolecular Hbond substituents is 1. The van der Waals surface area contributed by atoms with Crippen LogP contribution in [0.3, 0.4) is 0 Å². The zero-order chi connectivity index (χ0) is 98.8. The Balaban J connectivity index is 1.43. The second kappa shape index (κ2) is 59.6. The molecule has 0 fully saturated rings. The molecule has 0 aliphatic carbocycles. The molecule has 41 nitrogen and oxygen atoms in total. The molecule has 28 N–H and O–H groups in total. The van der Waals surface area contributed by atoms with Gasteiger partial charge in [-0.05, 0) is 169 Å². The lowest BCUT2D eigenvalue weighted by atomic mass is 9.99. The highest BCUT2D eigenvalue weighted by Gasteiger charge is 2.40. The lowest BCUT2D eigenvalue weighted by Crippen LogP contribution is -2.62. The molecule has 5 rings (SSSR count). The molecule has 14 atom stereocenters. The van der Waals surface area contributed by atoms with Gasteiger partial charge < -0.3 is 124 Å². The number of carboxylic acid groups (broad SMARTS) is 3. The van der Waals surface area contributed by atoms with Crippen molar-refractivity contribution in [2.24, 2.45) is 34.6 Å². The lowest BCUT2D eigenvalue weighted by molar-refractivity contribution is -0.142. The van der Waals surface area contributed by atoms with Crippen molar-refractivity contribution in [2.75, 3.05) is 26.2 Å². The quantitative estimate of drug-likeness (QED) is 0.0199. The number of rotatable bonds is 63. The molecule has 41 heteroatoms. The maximum atomic E-state index is 15.1. The molecule has 5 aromatic rings. The fraction of sp³-hybridized carbons (Fsp3) is 0.484. The second-order valence-electron chi connectivity index (χ2n) is 33.0. The van der Waals surface area contributed by atoms with Gasteiger partial charge in [0, 0.05) is 51.9 Å². The van der Waals surface area contributed by atoms with Gasteiger partial charge in [-0.3, -0.25) is 86.3 Å². The number of unbranched alkanes of at least 4 members (excludes halogenated alkanes) is 4. The van der Waals surface area contributed by atoms with E-state index in [-0.39, 0.29) is 115 Å². The van der Waals surface area contributed by atoms with Crippen molar-refractivity contribution in [3.63, 3.8) is 0 Å². The Labute approximate surface area is 777 Å². The molecular weight excluding hydrogens is 1740 g/mol. The Morgan fingerprint density at radius 3 is 0.813 bits per heavy atom. The van der Waals surface area contributed by atoms with Gasteiger partial charge in [-0.25, -0.2) is 0 Å². The number of aliphatic carboxylic acids is 3. The van der Waals surface area contributed by atoms with Crippen molar-refractivity contribution in [3.05, 3.63) is 173 Å². The minimum absolute atomic E-state index is 0.0601. The average molecular weight is 1870 g/mol. The van der Waals surface area contributed by atoms with E-state index in [1.54, 1.807) is 121 Å². The van der Waals surface area contributed by atoms with E-state index in [1.165, 1.54) is 52.0 Å². The van der Waals surface area contributed by atoms with Gasteiger partial charge in [0.1, 0.15) is 90.3 Å². The summed E-state index contributed by atoms with van der Waals surface area (Å²) >= 11 is 0. The molecule has 0 saturated heterocycles. The fourth-order valence-electron chi connectivity index (χ4n) is 14.3. The maximum Gasteiger partial charge on any atom is 0.305 e. The van der Waals surface area contributed by atoms with Gasteiger partial charge in [-0.1, -0.05) is 147 Å². The highest BCUT2D eigenvalue weighted by Crippen LogP contribution is 2.18. The number of aromatic hydroxyl groups is 1. The van der Waals surface area contributed by atoms with Crippen molar-refractivity contribution in [2.45, 2.75) is 254 Å². The van der Waals surface area contributed by atoms with E-state index in [2.05, 4.69) is 74.4 Å². The van der Waals surface area contributed by atoms with Crippen molar-refractivity contribution in [1.29, 1.82) is 0 Å². The summed E-state index contributed by atoms with van der Waals surface area (Å²) in [4.78, 5) is 252.